The summed E-state index contributed by atoms with van der Waals surface area (Å²) in [5.74, 6) is -1.34. The molecule has 0 aliphatic rings. The number of hydrogen-bond acceptors (Lipinski definition) is 4. The van der Waals surface area contributed by atoms with E-state index in [1.54, 1.807) is 12.1 Å². The van der Waals surface area contributed by atoms with Gasteiger partial charge in [-0.15, -0.1) is 0 Å². The molecule has 160 valence electrons. The summed E-state index contributed by atoms with van der Waals surface area (Å²) in [5, 5.41) is 2.80. The fourth-order valence-electron chi connectivity index (χ4n) is 2.79. The van der Waals surface area contributed by atoms with E-state index in [0.29, 0.717) is 11.3 Å². The van der Waals surface area contributed by atoms with Crippen LogP contribution >= 0.6 is 0 Å². The third kappa shape index (κ3) is 6.44. The highest BCUT2D eigenvalue weighted by Crippen LogP contribution is 2.22. The zero-order valence-corrected chi connectivity index (χ0v) is 18.5. The average Bonchev–Trinajstić information content (AvgIpc) is 2.68. The summed E-state index contributed by atoms with van der Waals surface area (Å²) in [4.78, 5) is 37.9. The maximum Gasteiger partial charge on any atom is 0.338 e. The van der Waals surface area contributed by atoms with Crippen LogP contribution in [0.2, 0.25) is 0 Å². The Balaban J connectivity index is 1.85. The van der Waals surface area contributed by atoms with Crippen LogP contribution in [-0.2, 0) is 19.7 Å². The molecule has 0 fully saturated rings. The van der Waals surface area contributed by atoms with Crippen LogP contribution in [0.15, 0.2) is 42.5 Å². The minimum atomic E-state index is -0.572. The van der Waals surface area contributed by atoms with Gasteiger partial charge in [0.2, 0.25) is 5.91 Å². The van der Waals surface area contributed by atoms with Crippen LogP contribution in [0.25, 0.3) is 0 Å². The van der Waals surface area contributed by atoms with E-state index in [-0.39, 0.29) is 17.9 Å². The summed E-state index contributed by atoms with van der Waals surface area (Å²) >= 11 is 0. The van der Waals surface area contributed by atoms with Gasteiger partial charge in [-0.3, -0.25) is 9.59 Å². The minimum absolute atomic E-state index is 0.0152. The van der Waals surface area contributed by atoms with E-state index in [4.69, 9.17) is 4.74 Å². The van der Waals surface area contributed by atoms with Crippen molar-refractivity contribution in [3.8, 4) is 0 Å². The standard InChI is InChI=1S/C24H30N2O4/c1-16-7-8-17(2)20(13-16)25-21(27)14-26(6)22(28)15-30-23(29)18-9-11-19(12-10-18)24(3,4)5/h7-13H,14-15H2,1-6H3,(H,25,27). The Kier molecular flexibility index (Phi) is 7.38. The third-order valence-corrected chi connectivity index (χ3v) is 4.79. The van der Waals surface area contributed by atoms with Crippen molar-refractivity contribution in [1.82, 2.24) is 4.90 Å². The number of esters is 1. The number of aryl methyl sites for hydroxylation is 2. The Morgan fingerprint density at radius 2 is 1.63 bits per heavy atom. The number of ether oxygens (including phenoxy) is 1. The van der Waals surface area contributed by atoms with E-state index < -0.39 is 18.5 Å². The fourth-order valence-corrected chi connectivity index (χ4v) is 2.79. The van der Waals surface area contributed by atoms with Gasteiger partial charge in [0, 0.05) is 12.7 Å². The Bertz CT molecular complexity index is 927. The van der Waals surface area contributed by atoms with Crippen molar-refractivity contribution in [3.05, 3.63) is 64.7 Å². The second-order valence-electron chi connectivity index (χ2n) is 8.52. The normalized spacial score (nSPS) is 11.0. The second-order valence-corrected chi connectivity index (χ2v) is 8.52. The zero-order valence-electron chi connectivity index (χ0n) is 18.5. The molecule has 0 saturated carbocycles. The molecule has 0 radical (unpaired) electrons. The molecule has 1 N–H and O–H groups in total. The van der Waals surface area contributed by atoms with Gasteiger partial charge >= 0.3 is 5.97 Å². The first-order valence-corrected chi connectivity index (χ1v) is 9.86. The highest BCUT2D eigenvalue weighted by molar-refractivity contribution is 5.96. The van der Waals surface area contributed by atoms with Crippen LogP contribution < -0.4 is 5.32 Å². The van der Waals surface area contributed by atoms with Gasteiger partial charge in [0.15, 0.2) is 6.61 Å². The summed E-state index contributed by atoms with van der Waals surface area (Å²) in [6, 6.07) is 12.9. The van der Waals surface area contributed by atoms with Gasteiger partial charge in [-0.2, -0.15) is 0 Å². The number of benzene rings is 2. The number of nitrogens with one attached hydrogen (secondary N) is 1. The number of nitrogens with zero attached hydrogens (tertiary/aromatic N) is 1. The molecule has 0 spiro atoms. The lowest BCUT2D eigenvalue weighted by Crippen LogP contribution is -2.37. The van der Waals surface area contributed by atoms with Gasteiger partial charge in [0.05, 0.1) is 12.1 Å². The van der Waals surface area contributed by atoms with Crippen molar-refractivity contribution in [2.24, 2.45) is 0 Å². The Morgan fingerprint density at radius 3 is 2.23 bits per heavy atom. The van der Waals surface area contributed by atoms with E-state index in [0.717, 1.165) is 16.7 Å². The van der Waals surface area contributed by atoms with Crippen LogP contribution in [-0.4, -0.2) is 42.9 Å². The minimum Gasteiger partial charge on any atom is -0.452 e. The Hall–Kier alpha value is -3.15. The van der Waals surface area contributed by atoms with Crippen LogP contribution in [0.4, 0.5) is 5.69 Å². The van der Waals surface area contributed by atoms with Crippen molar-refractivity contribution in [3.63, 3.8) is 0 Å². The predicted octanol–water partition coefficient (Wildman–Crippen LogP) is 3.85. The highest BCUT2D eigenvalue weighted by atomic mass is 16.5. The van der Waals surface area contributed by atoms with Gasteiger partial charge in [0.25, 0.3) is 5.91 Å². The number of carbonyl (C=O) groups is 3. The van der Waals surface area contributed by atoms with Gasteiger partial charge < -0.3 is 15.0 Å². The lowest BCUT2D eigenvalue weighted by Gasteiger charge is -2.19. The molecule has 2 aromatic carbocycles. The number of carbonyl (C=O) groups excluding carboxylic acids is 3. The molecule has 6 heteroatoms. The monoisotopic (exact) mass is 410 g/mol. The second kappa shape index (κ2) is 9.57. The van der Waals surface area contributed by atoms with Crippen LogP contribution in [0.5, 0.6) is 0 Å². The molecule has 0 heterocycles. The van der Waals surface area contributed by atoms with Crippen LogP contribution in [0, 0.1) is 13.8 Å². The van der Waals surface area contributed by atoms with Gasteiger partial charge in [-0.05, 0) is 54.2 Å². The summed E-state index contributed by atoms with van der Waals surface area (Å²) in [5.41, 5.74) is 4.15. The highest BCUT2D eigenvalue weighted by Gasteiger charge is 2.18. The lowest BCUT2D eigenvalue weighted by atomic mass is 9.87. The fraction of sp³-hybridized carbons (Fsp3) is 0.375. The summed E-state index contributed by atoms with van der Waals surface area (Å²) in [7, 11) is 1.50. The molecule has 6 nitrogen and oxygen atoms in total. The van der Waals surface area contributed by atoms with Crippen molar-refractivity contribution >= 4 is 23.5 Å². The molecule has 0 saturated heterocycles. The molecule has 0 bridgehead atoms. The summed E-state index contributed by atoms with van der Waals surface area (Å²) < 4.78 is 5.11. The largest absolute Gasteiger partial charge is 0.452 e. The molecule has 30 heavy (non-hydrogen) atoms. The van der Waals surface area contributed by atoms with Crippen molar-refractivity contribution in [2.75, 3.05) is 25.5 Å². The first-order valence-electron chi connectivity index (χ1n) is 9.86. The van der Waals surface area contributed by atoms with Crippen LogP contribution in [0.1, 0.15) is 47.8 Å². The molecule has 2 amide bonds. The number of amides is 2. The van der Waals surface area contributed by atoms with E-state index in [2.05, 4.69) is 26.1 Å². The van der Waals surface area contributed by atoms with Crippen molar-refractivity contribution in [1.29, 1.82) is 0 Å². The van der Waals surface area contributed by atoms with Crippen molar-refractivity contribution < 1.29 is 19.1 Å². The molecule has 0 atom stereocenters. The molecule has 2 rings (SSSR count). The Morgan fingerprint density at radius 1 is 1.00 bits per heavy atom. The van der Waals surface area contributed by atoms with Gasteiger partial charge in [-0.25, -0.2) is 4.79 Å². The van der Waals surface area contributed by atoms with Gasteiger partial charge in [-0.1, -0.05) is 45.0 Å². The molecule has 0 aromatic heterocycles. The molecule has 0 aliphatic heterocycles. The SMILES string of the molecule is Cc1ccc(C)c(NC(=O)CN(C)C(=O)COC(=O)c2ccc(C(C)(C)C)cc2)c1. The molecule has 2 aromatic rings. The summed E-state index contributed by atoms with van der Waals surface area (Å²) in [6.45, 7) is 9.55. The first-order chi connectivity index (χ1) is 14.0. The predicted molar refractivity (Wildman–Crippen MR) is 118 cm³/mol. The molecular formula is C24H30N2O4. The number of likely N-dealkylation sites (N-methyl/N-ethyl adjacent to an activating group) is 1. The maximum absolute atomic E-state index is 12.3. The summed E-state index contributed by atoms with van der Waals surface area (Å²) in [6.07, 6.45) is 0. The zero-order chi connectivity index (χ0) is 22.5. The smallest absolute Gasteiger partial charge is 0.338 e. The third-order valence-electron chi connectivity index (χ3n) is 4.79. The van der Waals surface area contributed by atoms with E-state index >= 15 is 0 Å². The van der Waals surface area contributed by atoms with Crippen LogP contribution in [0.3, 0.4) is 0 Å². The Labute approximate surface area is 178 Å². The van der Waals surface area contributed by atoms with E-state index in [9.17, 15) is 14.4 Å². The topological polar surface area (TPSA) is 75.7 Å². The average molecular weight is 411 g/mol. The number of hydrogen-bond donors (Lipinski definition) is 1. The number of rotatable bonds is 6. The van der Waals surface area contributed by atoms with Gasteiger partial charge in [0.1, 0.15) is 0 Å². The van der Waals surface area contributed by atoms with E-state index in [1.807, 2.05) is 44.2 Å². The molecule has 0 aliphatic carbocycles. The van der Waals surface area contributed by atoms with Crippen molar-refractivity contribution in [2.45, 2.75) is 40.0 Å². The lowest BCUT2D eigenvalue weighted by molar-refractivity contribution is -0.136. The first kappa shape index (κ1) is 23.1. The molecular weight excluding hydrogens is 380 g/mol. The van der Waals surface area contributed by atoms with E-state index in [1.165, 1.54) is 11.9 Å². The quantitative estimate of drug-likeness (QED) is 0.734. The number of anilines is 1. The maximum atomic E-state index is 12.3. The molecule has 0 unspecified atom stereocenters.